The zero-order valence-electron chi connectivity index (χ0n) is 13.9. The third kappa shape index (κ3) is 10.8. The van der Waals surface area contributed by atoms with Crippen LogP contribution in [0.25, 0.3) is 0 Å². The van der Waals surface area contributed by atoms with Crippen LogP contribution in [0.1, 0.15) is 12.8 Å². The molecule has 0 fully saturated rings. The summed E-state index contributed by atoms with van der Waals surface area (Å²) in [6, 6.07) is 0. The second-order valence-electron chi connectivity index (χ2n) is 4.59. The Morgan fingerprint density at radius 3 is 1.97 bits per heavy atom. The van der Waals surface area contributed by atoms with Crippen molar-refractivity contribution in [2.24, 2.45) is 0 Å². The largest absolute Gasteiger partial charge is 0.301 e. The van der Waals surface area contributed by atoms with Gasteiger partial charge in [0.1, 0.15) is 8.67 Å². The lowest BCUT2D eigenvalue weighted by Crippen LogP contribution is -1.98. The first-order valence-corrected chi connectivity index (χ1v) is 11.9. The van der Waals surface area contributed by atoms with Gasteiger partial charge in [-0.3, -0.25) is 4.21 Å². The Balaban J connectivity index is 0.000000291. The molecule has 2 aromatic heterocycles. The van der Waals surface area contributed by atoms with Gasteiger partial charge in [0.15, 0.2) is 20.3 Å². The first-order chi connectivity index (χ1) is 13.6. The van der Waals surface area contributed by atoms with Crippen LogP contribution >= 0.6 is 57.6 Å². The van der Waals surface area contributed by atoms with Gasteiger partial charge in [-0.15, -0.1) is 0 Å². The minimum atomic E-state index is -2.37. The van der Waals surface area contributed by atoms with Crippen molar-refractivity contribution in [1.29, 1.82) is 0 Å². The van der Waals surface area contributed by atoms with Crippen molar-refractivity contribution in [3.8, 4) is 0 Å². The predicted octanol–water partition coefficient (Wildman–Crippen LogP) is 7.73. The van der Waals surface area contributed by atoms with Crippen molar-refractivity contribution < 1.29 is 30.6 Å². The van der Waals surface area contributed by atoms with E-state index in [2.05, 4.69) is 9.97 Å². The third-order valence-electron chi connectivity index (χ3n) is 2.57. The van der Waals surface area contributed by atoms with E-state index >= 15 is 0 Å². The second-order valence-corrected chi connectivity index (χ2v) is 11.0. The maximum Gasteiger partial charge on any atom is 0.301 e. The topological polar surface area (TPSA) is 42.9 Å². The highest BCUT2D eigenvalue weighted by molar-refractivity contribution is 8.01. The summed E-state index contributed by atoms with van der Waals surface area (Å²) in [7, 11) is -1.58. The van der Waals surface area contributed by atoms with Crippen molar-refractivity contribution in [2.75, 3.05) is 11.5 Å². The highest BCUT2D eigenvalue weighted by Crippen LogP contribution is 2.29. The first-order valence-electron chi connectivity index (χ1n) is 7.23. The Bertz CT molecular complexity index is 881. The van der Waals surface area contributed by atoms with E-state index < -0.39 is 41.0 Å². The minimum Gasteiger partial charge on any atom is -0.252 e. The summed E-state index contributed by atoms with van der Waals surface area (Å²) in [5.41, 5.74) is 0. The lowest BCUT2D eigenvalue weighted by atomic mass is 10.4. The normalized spacial score (nSPS) is 11.4. The van der Waals surface area contributed by atoms with Crippen molar-refractivity contribution in [1.82, 2.24) is 9.97 Å². The fourth-order valence-electron chi connectivity index (χ4n) is 1.34. The number of rotatable bonds is 8. The van der Waals surface area contributed by atoms with Crippen molar-refractivity contribution in [3.05, 3.63) is 44.9 Å². The number of halogens is 8. The Morgan fingerprint density at radius 1 is 0.931 bits per heavy atom. The molecule has 2 heterocycles. The van der Waals surface area contributed by atoms with E-state index in [0.717, 1.165) is 11.3 Å². The zero-order valence-corrected chi connectivity index (χ0v) is 18.7. The lowest BCUT2D eigenvalue weighted by Gasteiger charge is -1.95. The number of aromatic nitrogens is 2. The Hall–Kier alpha value is -0.600. The molecule has 0 aliphatic heterocycles. The van der Waals surface area contributed by atoms with Crippen LogP contribution in [0, 0.1) is 0 Å². The van der Waals surface area contributed by atoms with E-state index in [0.29, 0.717) is 13.0 Å². The quantitative estimate of drug-likeness (QED) is 0.256. The van der Waals surface area contributed by atoms with Gasteiger partial charge in [0.25, 0.3) is 0 Å². The molecule has 0 aliphatic rings. The van der Waals surface area contributed by atoms with E-state index in [9.17, 15) is 30.6 Å². The summed E-state index contributed by atoms with van der Waals surface area (Å²) in [5.74, 6) is -2.90. The van der Waals surface area contributed by atoms with Crippen LogP contribution in [0.5, 0.6) is 0 Å². The van der Waals surface area contributed by atoms with E-state index in [1.807, 2.05) is 0 Å². The van der Waals surface area contributed by atoms with Gasteiger partial charge in [0, 0.05) is 24.3 Å². The first kappa shape index (κ1) is 26.4. The molecule has 0 N–H and O–H groups in total. The number of thioether (sulfide) groups is 1. The second kappa shape index (κ2) is 13.7. The average Bonchev–Trinajstić information content (AvgIpc) is 3.27. The molecule has 1 unspecified atom stereocenters. The molecule has 1 atom stereocenters. The van der Waals surface area contributed by atoms with Crippen LogP contribution in [-0.4, -0.2) is 25.7 Å². The molecule has 0 spiro atoms. The summed E-state index contributed by atoms with van der Waals surface area (Å²) >= 11 is 14.6. The molecule has 29 heavy (non-hydrogen) atoms. The summed E-state index contributed by atoms with van der Waals surface area (Å²) in [5, 5.41) is 0. The number of hydrogen-bond donors (Lipinski definition) is 0. The van der Waals surface area contributed by atoms with Crippen LogP contribution in [0.3, 0.4) is 0 Å². The smallest absolute Gasteiger partial charge is 0.252 e. The molecule has 0 radical (unpaired) electrons. The average molecular weight is 535 g/mol. The van der Waals surface area contributed by atoms with Gasteiger partial charge in [0.2, 0.25) is 0 Å². The van der Waals surface area contributed by atoms with Gasteiger partial charge in [-0.05, 0) is 0 Å². The minimum absolute atomic E-state index is 0.215. The van der Waals surface area contributed by atoms with E-state index in [4.69, 9.17) is 23.2 Å². The number of nitrogens with zero attached hydrogens (tertiary/aromatic N) is 2. The van der Waals surface area contributed by atoms with Crippen LogP contribution in [0.4, 0.5) is 26.3 Å². The zero-order chi connectivity index (χ0) is 22.0. The molecular weight excluding hydrogens is 525 g/mol. The van der Waals surface area contributed by atoms with Gasteiger partial charge in [0.05, 0.1) is 23.2 Å². The van der Waals surface area contributed by atoms with Gasteiger partial charge < -0.3 is 0 Å². The monoisotopic (exact) mass is 534 g/mol. The van der Waals surface area contributed by atoms with Crippen LogP contribution < -0.4 is 0 Å². The number of allylic oxidation sites excluding steroid dienone is 2. The maximum atomic E-state index is 12.4. The molecule has 0 bridgehead atoms. The molecule has 0 aromatic carbocycles. The van der Waals surface area contributed by atoms with Crippen molar-refractivity contribution >= 4 is 68.4 Å². The molecule has 2 aromatic rings. The standard InChI is InChI=1S/C7H5ClF3NOS2.C7H5ClF3NS2/c8-5-3-12-7(14-5)15(13)2-1-4(9)6(10)11;8-5-3-12-7(14-5)13-2-1-4(9)6(10)11/h3H,1-2H2;3H,1-2H2. The molecule has 0 aliphatic carbocycles. The Morgan fingerprint density at radius 2 is 1.48 bits per heavy atom. The molecular formula is C14H10Cl2F6N2OS4. The van der Waals surface area contributed by atoms with Gasteiger partial charge in [-0.2, -0.15) is 17.6 Å². The lowest BCUT2D eigenvalue weighted by molar-refractivity contribution is 0.373. The van der Waals surface area contributed by atoms with Crippen molar-refractivity contribution in [3.63, 3.8) is 0 Å². The van der Waals surface area contributed by atoms with Crippen molar-refractivity contribution in [2.45, 2.75) is 21.5 Å². The molecule has 15 heteroatoms. The third-order valence-corrected chi connectivity index (χ3v) is 7.63. The summed E-state index contributed by atoms with van der Waals surface area (Å²) in [6.07, 6.45) is -2.69. The number of thiazole rings is 2. The van der Waals surface area contributed by atoms with E-state index in [1.165, 1.54) is 35.5 Å². The number of hydrogen-bond acceptors (Lipinski definition) is 6. The Labute approximate surface area is 186 Å². The molecule has 2 rings (SSSR count). The molecule has 162 valence electrons. The molecule has 3 nitrogen and oxygen atoms in total. The predicted molar refractivity (Wildman–Crippen MR) is 106 cm³/mol. The van der Waals surface area contributed by atoms with Crippen LogP contribution in [0.15, 0.2) is 44.9 Å². The molecule has 0 saturated heterocycles. The van der Waals surface area contributed by atoms with Gasteiger partial charge in [-0.25, -0.2) is 18.7 Å². The van der Waals surface area contributed by atoms with Crippen LogP contribution in [0.2, 0.25) is 8.67 Å². The Kier molecular flexibility index (Phi) is 12.4. The summed E-state index contributed by atoms with van der Waals surface area (Å²) in [6.45, 7) is 0. The van der Waals surface area contributed by atoms with Crippen LogP contribution in [-0.2, 0) is 10.8 Å². The highest BCUT2D eigenvalue weighted by atomic mass is 35.5. The van der Waals surface area contributed by atoms with Gasteiger partial charge >= 0.3 is 12.2 Å². The fourth-order valence-corrected chi connectivity index (χ4v) is 5.84. The SMILES string of the molecule is FC(F)=C(F)CCSc1ncc(Cl)s1.O=S(CCC(F)=C(F)F)c1ncc(Cl)s1. The van der Waals surface area contributed by atoms with Gasteiger partial charge in [-0.1, -0.05) is 57.6 Å². The fraction of sp³-hybridized carbons (Fsp3) is 0.286. The maximum absolute atomic E-state index is 12.4. The van der Waals surface area contributed by atoms with E-state index in [-0.39, 0.29) is 22.3 Å². The molecule has 0 amide bonds. The highest BCUT2D eigenvalue weighted by Gasteiger charge is 2.12. The molecule has 0 saturated carbocycles. The van der Waals surface area contributed by atoms with E-state index in [1.54, 1.807) is 0 Å². The summed E-state index contributed by atoms with van der Waals surface area (Å²) < 4.78 is 84.3. The summed E-state index contributed by atoms with van der Waals surface area (Å²) in [4.78, 5) is 7.58.